The van der Waals surface area contributed by atoms with Gasteiger partial charge in [-0.2, -0.15) is 11.8 Å². The van der Waals surface area contributed by atoms with Crippen LogP contribution in [0, 0.1) is 0 Å². The predicted octanol–water partition coefficient (Wildman–Crippen LogP) is 1.83. The van der Waals surface area contributed by atoms with Gasteiger partial charge in [-0.05, 0) is 31.2 Å². The molecule has 1 heterocycles. The van der Waals surface area contributed by atoms with Gasteiger partial charge in [0.1, 0.15) is 0 Å². The van der Waals surface area contributed by atoms with Crippen molar-refractivity contribution < 1.29 is 14.3 Å². The average Bonchev–Trinajstić information content (AvgIpc) is 2.61. The Kier molecular flexibility index (Phi) is 6.92. The summed E-state index contributed by atoms with van der Waals surface area (Å²) in [4.78, 5) is 23.8. The molecule has 0 atom stereocenters. The Morgan fingerprint density at radius 3 is 2.52 bits per heavy atom. The third kappa shape index (κ3) is 5.55. The largest absolute Gasteiger partial charge is 0.381 e. The van der Waals surface area contributed by atoms with Gasteiger partial charge in [0.15, 0.2) is 0 Å². The second-order valence-electron chi connectivity index (χ2n) is 5.65. The van der Waals surface area contributed by atoms with Gasteiger partial charge in [0.2, 0.25) is 5.91 Å². The van der Waals surface area contributed by atoms with E-state index in [1.165, 1.54) is 0 Å². The number of rotatable bonds is 7. The third-order valence-electron chi connectivity index (χ3n) is 4.12. The summed E-state index contributed by atoms with van der Waals surface area (Å²) in [6.45, 7) is 2.51. The second-order valence-corrected chi connectivity index (χ2v) is 6.92. The molecule has 0 unspecified atom stereocenters. The summed E-state index contributed by atoms with van der Waals surface area (Å²) >= 11 is 1.80. The Hall–Kier alpha value is -1.53. The molecule has 0 aliphatic carbocycles. The molecule has 1 aliphatic rings. The first-order chi connectivity index (χ1) is 11.2. The smallest absolute Gasteiger partial charge is 0.251 e. The van der Waals surface area contributed by atoms with E-state index in [0.717, 1.165) is 26.1 Å². The van der Waals surface area contributed by atoms with E-state index < -0.39 is 0 Å². The number of carbonyl (C=O) groups excluding carboxylic acids is 2. The number of hydrogen-bond donors (Lipinski definition) is 2. The van der Waals surface area contributed by atoms with Crippen molar-refractivity contribution in [2.45, 2.75) is 24.0 Å². The zero-order valence-electron chi connectivity index (χ0n) is 13.5. The minimum Gasteiger partial charge on any atom is -0.381 e. The number of ether oxygens (including phenoxy) is 1. The Labute approximate surface area is 141 Å². The van der Waals surface area contributed by atoms with Crippen LogP contribution < -0.4 is 10.6 Å². The lowest BCUT2D eigenvalue weighted by Gasteiger charge is -2.35. The molecule has 0 spiro atoms. The maximum Gasteiger partial charge on any atom is 0.251 e. The quantitative estimate of drug-likeness (QED) is 0.797. The van der Waals surface area contributed by atoms with E-state index >= 15 is 0 Å². The van der Waals surface area contributed by atoms with Crippen LogP contribution in [0.2, 0.25) is 0 Å². The van der Waals surface area contributed by atoms with Gasteiger partial charge in [-0.1, -0.05) is 18.2 Å². The van der Waals surface area contributed by atoms with Crippen molar-refractivity contribution in [3.63, 3.8) is 0 Å². The molecular formula is C17H24N2O3S. The highest BCUT2D eigenvalue weighted by atomic mass is 32.2. The van der Waals surface area contributed by atoms with Gasteiger partial charge in [0.25, 0.3) is 5.91 Å². The van der Waals surface area contributed by atoms with Gasteiger partial charge >= 0.3 is 0 Å². The topological polar surface area (TPSA) is 67.4 Å². The van der Waals surface area contributed by atoms with Crippen LogP contribution in [0.3, 0.4) is 0 Å². The van der Waals surface area contributed by atoms with E-state index in [2.05, 4.69) is 16.9 Å². The first-order valence-electron chi connectivity index (χ1n) is 7.88. The molecular weight excluding hydrogens is 312 g/mol. The standard InChI is InChI=1S/C17H24N2O3S/c1-23-17(8-11-22-12-9-17)13-19-15(20)7-10-18-16(21)14-5-3-2-4-6-14/h2-6H,7-13H2,1H3,(H,18,21)(H,19,20). The Bertz CT molecular complexity index is 516. The molecule has 0 bridgehead atoms. The molecule has 23 heavy (non-hydrogen) atoms. The lowest BCUT2D eigenvalue weighted by atomic mass is 9.99. The van der Waals surface area contributed by atoms with Crippen molar-refractivity contribution in [3.8, 4) is 0 Å². The fourth-order valence-corrected chi connectivity index (χ4v) is 3.32. The van der Waals surface area contributed by atoms with E-state index in [1.807, 2.05) is 18.2 Å². The van der Waals surface area contributed by atoms with Crippen LogP contribution in [0.4, 0.5) is 0 Å². The maximum atomic E-state index is 12.0. The van der Waals surface area contributed by atoms with E-state index in [9.17, 15) is 9.59 Å². The predicted molar refractivity (Wildman–Crippen MR) is 92.7 cm³/mol. The maximum absolute atomic E-state index is 12.0. The van der Waals surface area contributed by atoms with Crippen LogP contribution in [0.1, 0.15) is 29.6 Å². The molecule has 0 saturated carbocycles. The fourth-order valence-electron chi connectivity index (χ4n) is 2.53. The van der Waals surface area contributed by atoms with Gasteiger partial charge in [-0.15, -0.1) is 0 Å². The normalized spacial score (nSPS) is 16.6. The van der Waals surface area contributed by atoms with Crippen LogP contribution in [0.5, 0.6) is 0 Å². The summed E-state index contributed by atoms with van der Waals surface area (Å²) in [5.74, 6) is -0.179. The fraction of sp³-hybridized carbons (Fsp3) is 0.529. The van der Waals surface area contributed by atoms with Gasteiger partial charge < -0.3 is 15.4 Å². The number of amides is 2. The van der Waals surface area contributed by atoms with Crippen LogP contribution >= 0.6 is 11.8 Å². The average molecular weight is 336 g/mol. The molecule has 1 fully saturated rings. The highest BCUT2D eigenvalue weighted by Gasteiger charge is 2.31. The molecule has 6 heteroatoms. The molecule has 2 rings (SSSR count). The van der Waals surface area contributed by atoms with Gasteiger partial charge in [-0.3, -0.25) is 9.59 Å². The second kappa shape index (κ2) is 8.93. The molecule has 126 valence electrons. The number of benzene rings is 1. The van der Waals surface area contributed by atoms with E-state index in [-0.39, 0.29) is 16.6 Å². The highest BCUT2D eigenvalue weighted by molar-refractivity contribution is 8.00. The van der Waals surface area contributed by atoms with Crippen LogP contribution in [0.25, 0.3) is 0 Å². The lowest BCUT2D eigenvalue weighted by Crippen LogP contribution is -2.44. The van der Waals surface area contributed by atoms with E-state index in [1.54, 1.807) is 23.9 Å². The van der Waals surface area contributed by atoms with Crippen molar-refractivity contribution >= 4 is 23.6 Å². The van der Waals surface area contributed by atoms with E-state index in [0.29, 0.717) is 25.1 Å². The summed E-state index contributed by atoms with van der Waals surface area (Å²) in [5.41, 5.74) is 0.608. The zero-order chi connectivity index (χ0) is 16.5. The van der Waals surface area contributed by atoms with Gasteiger partial charge in [-0.25, -0.2) is 0 Å². The molecule has 2 N–H and O–H groups in total. The summed E-state index contributed by atoms with van der Waals surface area (Å²) in [6.07, 6.45) is 4.29. The van der Waals surface area contributed by atoms with E-state index in [4.69, 9.17) is 4.74 Å². The minimum atomic E-state index is -0.150. The molecule has 1 saturated heterocycles. The SMILES string of the molecule is CSC1(CNC(=O)CCNC(=O)c2ccccc2)CCOCC1. The first kappa shape index (κ1) is 17.8. The summed E-state index contributed by atoms with van der Waals surface area (Å²) in [6, 6.07) is 9.00. The molecule has 1 aliphatic heterocycles. The van der Waals surface area contributed by atoms with Crippen molar-refractivity contribution in [2.75, 3.05) is 32.6 Å². The summed E-state index contributed by atoms with van der Waals surface area (Å²) < 4.78 is 5.48. The van der Waals surface area contributed by atoms with Crippen LogP contribution in [0.15, 0.2) is 30.3 Å². The zero-order valence-corrected chi connectivity index (χ0v) is 14.3. The number of nitrogens with one attached hydrogen (secondary N) is 2. The van der Waals surface area contributed by atoms with Gasteiger partial charge in [0.05, 0.1) is 0 Å². The van der Waals surface area contributed by atoms with Crippen molar-refractivity contribution in [3.05, 3.63) is 35.9 Å². The molecule has 2 amide bonds. The molecule has 5 nitrogen and oxygen atoms in total. The van der Waals surface area contributed by atoms with Crippen molar-refractivity contribution in [1.82, 2.24) is 10.6 Å². The van der Waals surface area contributed by atoms with Crippen LogP contribution in [-0.4, -0.2) is 49.1 Å². The highest BCUT2D eigenvalue weighted by Crippen LogP contribution is 2.32. The van der Waals surface area contributed by atoms with Gasteiger partial charge in [0, 0.05) is 43.0 Å². The number of hydrogen-bond acceptors (Lipinski definition) is 4. The molecule has 1 aromatic carbocycles. The number of carbonyl (C=O) groups is 2. The molecule has 0 radical (unpaired) electrons. The summed E-state index contributed by atoms with van der Waals surface area (Å²) in [7, 11) is 0. The monoisotopic (exact) mass is 336 g/mol. The number of thioether (sulfide) groups is 1. The first-order valence-corrected chi connectivity index (χ1v) is 9.10. The summed E-state index contributed by atoms with van der Waals surface area (Å²) in [5, 5.41) is 5.76. The minimum absolute atomic E-state index is 0.0294. The third-order valence-corrected chi connectivity index (χ3v) is 5.54. The Balaban J connectivity index is 1.68. The van der Waals surface area contributed by atoms with Crippen molar-refractivity contribution in [2.24, 2.45) is 0 Å². The Morgan fingerprint density at radius 1 is 1.17 bits per heavy atom. The van der Waals surface area contributed by atoms with Crippen LogP contribution in [-0.2, 0) is 9.53 Å². The molecule has 1 aromatic rings. The lowest BCUT2D eigenvalue weighted by molar-refractivity contribution is -0.121. The van der Waals surface area contributed by atoms with Crippen molar-refractivity contribution in [1.29, 1.82) is 0 Å². The molecule has 0 aromatic heterocycles. The Morgan fingerprint density at radius 2 is 1.87 bits per heavy atom.